The highest BCUT2D eigenvalue weighted by molar-refractivity contribution is 7.92. The van der Waals surface area contributed by atoms with Crippen LogP contribution in [-0.4, -0.2) is 28.0 Å². The first-order chi connectivity index (χ1) is 11.9. The van der Waals surface area contributed by atoms with Gasteiger partial charge in [0.05, 0.1) is 17.8 Å². The third kappa shape index (κ3) is 3.57. The van der Waals surface area contributed by atoms with E-state index in [1.165, 1.54) is 13.2 Å². The van der Waals surface area contributed by atoms with Crippen molar-refractivity contribution in [1.82, 2.24) is 0 Å². The monoisotopic (exact) mass is 380 g/mol. The molecule has 2 aromatic rings. The van der Waals surface area contributed by atoms with Crippen molar-refractivity contribution in [3.05, 3.63) is 47.5 Å². The van der Waals surface area contributed by atoms with Crippen LogP contribution in [0.3, 0.4) is 0 Å². The molecule has 3 rings (SSSR count). The summed E-state index contributed by atoms with van der Waals surface area (Å²) >= 11 is 6.03. The van der Waals surface area contributed by atoms with Gasteiger partial charge in [-0.05, 0) is 36.8 Å². The Balaban J connectivity index is 2.01. The van der Waals surface area contributed by atoms with E-state index in [-0.39, 0.29) is 27.3 Å². The van der Waals surface area contributed by atoms with E-state index >= 15 is 0 Å². The minimum absolute atomic E-state index is 0.0208. The average Bonchev–Trinajstić information content (AvgIpc) is 3.02. The zero-order valence-corrected chi connectivity index (χ0v) is 15.1. The second-order valence-corrected chi connectivity index (χ2v) is 7.63. The number of methoxy groups -OCH3 is 1. The van der Waals surface area contributed by atoms with Crippen molar-refractivity contribution in [2.24, 2.45) is 0 Å². The number of anilines is 2. The molecule has 0 atom stereocenters. The summed E-state index contributed by atoms with van der Waals surface area (Å²) < 4.78 is 33.3. The van der Waals surface area contributed by atoms with Gasteiger partial charge in [-0.15, -0.1) is 0 Å². The first-order valence-corrected chi connectivity index (χ1v) is 9.54. The minimum Gasteiger partial charge on any atom is -0.495 e. The van der Waals surface area contributed by atoms with Gasteiger partial charge >= 0.3 is 0 Å². The molecule has 1 saturated heterocycles. The van der Waals surface area contributed by atoms with Crippen molar-refractivity contribution in [3.63, 3.8) is 0 Å². The van der Waals surface area contributed by atoms with Gasteiger partial charge in [-0.3, -0.25) is 9.52 Å². The topological polar surface area (TPSA) is 75.7 Å². The molecule has 6 nitrogen and oxygen atoms in total. The fourth-order valence-electron chi connectivity index (χ4n) is 2.71. The zero-order chi connectivity index (χ0) is 18.0. The quantitative estimate of drug-likeness (QED) is 0.863. The predicted octanol–water partition coefficient (Wildman–Crippen LogP) is 3.28. The van der Waals surface area contributed by atoms with Crippen molar-refractivity contribution < 1.29 is 17.9 Å². The van der Waals surface area contributed by atoms with E-state index in [0.29, 0.717) is 18.7 Å². The number of carbonyl (C=O) groups is 1. The second-order valence-electron chi connectivity index (χ2n) is 5.57. The summed E-state index contributed by atoms with van der Waals surface area (Å²) in [5, 5.41) is 0.288. The van der Waals surface area contributed by atoms with E-state index in [2.05, 4.69) is 4.72 Å². The van der Waals surface area contributed by atoms with Crippen LogP contribution in [0.4, 0.5) is 11.4 Å². The summed E-state index contributed by atoms with van der Waals surface area (Å²) in [6.45, 7) is 0.572. The van der Waals surface area contributed by atoms with Gasteiger partial charge in [-0.25, -0.2) is 8.42 Å². The fourth-order valence-corrected chi connectivity index (χ4v) is 4.22. The third-order valence-corrected chi connectivity index (χ3v) is 5.66. The minimum atomic E-state index is -3.95. The Kier molecular flexibility index (Phi) is 4.87. The van der Waals surface area contributed by atoms with Crippen LogP contribution in [0.15, 0.2) is 47.4 Å². The van der Waals surface area contributed by atoms with E-state index < -0.39 is 10.0 Å². The van der Waals surface area contributed by atoms with E-state index in [1.54, 1.807) is 41.3 Å². The number of rotatable bonds is 5. The molecule has 1 heterocycles. The average molecular weight is 381 g/mol. The van der Waals surface area contributed by atoms with Gasteiger partial charge in [-0.2, -0.15) is 0 Å². The van der Waals surface area contributed by atoms with Crippen molar-refractivity contribution in [1.29, 1.82) is 0 Å². The highest BCUT2D eigenvalue weighted by Crippen LogP contribution is 2.33. The van der Waals surface area contributed by atoms with Gasteiger partial charge in [0, 0.05) is 18.7 Å². The zero-order valence-electron chi connectivity index (χ0n) is 13.5. The van der Waals surface area contributed by atoms with E-state index in [9.17, 15) is 13.2 Å². The highest BCUT2D eigenvalue weighted by Gasteiger charge is 2.26. The normalized spacial score (nSPS) is 14.6. The lowest BCUT2D eigenvalue weighted by molar-refractivity contribution is -0.117. The molecule has 0 radical (unpaired) electrons. The number of ether oxygens (including phenoxy) is 1. The van der Waals surface area contributed by atoms with Crippen LogP contribution in [0.5, 0.6) is 5.75 Å². The number of carbonyl (C=O) groups excluding carboxylic acids is 1. The lowest BCUT2D eigenvalue weighted by Gasteiger charge is -2.19. The van der Waals surface area contributed by atoms with Gasteiger partial charge in [0.1, 0.15) is 10.6 Å². The molecule has 0 bridgehead atoms. The molecule has 0 spiro atoms. The van der Waals surface area contributed by atoms with Crippen LogP contribution in [-0.2, 0) is 14.8 Å². The Bertz CT molecular complexity index is 915. The van der Waals surface area contributed by atoms with Gasteiger partial charge in [0.15, 0.2) is 0 Å². The smallest absolute Gasteiger partial charge is 0.265 e. The molecule has 132 valence electrons. The Morgan fingerprint density at radius 1 is 1.20 bits per heavy atom. The van der Waals surface area contributed by atoms with E-state index in [1.807, 2.05) is 0 Å². The lowest BCUT2D eigenvalue weighted by Crippen LogP contribution is -2.24. The third-order valence-electron chi connectivity index (χ3n) is 3.94. The molecule has 1 N–H and O–H groups in total. The standard InChI is InChI=1S/C17H17ClN2O4S/c1-24-15-9-8-12(20-10-4-7-17(20)21)11-16(15)25(22,23)19-14-6-3-2-5-13(14)18/h2-3,5-6,8-9,11,19H,4,7,10H2,1H3. The maximum absolute atomic E-state index is 12.8. The molecule has 0 unspecified atom stereocenters. The Morgan fingerprint density at radius 2 is 1.96 bits per heavy atom. The molecular formula is C17H17ClN2O4S. The van der Waals surface area contributed by atoms with Crippen molar-refractivity contribution in [3.8, 4) is 5.75 Å². The second kappa shape index (κ2) is 6.93. The molecule has 0 aromatic heterocycles. The molecule has 2 aromatic carbocycles. The molecule has 1 fully saturated rings. The Labute approximate surface area is 151 Å². The van der Waals surface area contributed by atoms with Gasteiger partial charge in [0.2, 0.25) is 5.91 Å². The van der Waals surface area contributed by atoms with Crippen LogP contribution in [0.25, 0.3) is 0 Å². The van der Waals surface area contributed by atoms with Crippen LogP contribution < -0.4 is 14.4 Å². The summed E-state index contributed by atoms with van der Waals surface area (Å²) in [4.78, 5) is 13.5. The van der Waals surface area contributed by atoms with Crippen LogP contribution in [0, 0.1) is 0 Å². The summed E-state index contributed by atoms with van der Waals surface area (Å²) in [5.41, 5.74) is 0.803. The number of nitrogens with one attached hydrogen (secondary N) is 1. The summed E-state index contributed by atoms with van der Waals surface area (Å²) in [5.74, 6) is 0.169. The van der Waals surface area contributed by atoms with Crippen molar-refractivity contribution in [2.75, 3.05) is 23.3 Å². The van der Waals surface area contributed by atoms with E-state index in [0.717, 1.165) is 6.42 Å². The summed E-state index contributed by atoms with van der Waals surface area (Å²) in [6.07, 6.45) is 1.22. The first kappa shape index (κ1) is 17.6. The number of nitrogens with zero attached hydrogens (tertiary/aromatic N) is 1. The molecule has 25 heavy (non-hydrogen) atoms. The Morgan fingerprint density at radius 3 is 2.60 bits per heavy atom. The number of amides is 1. The van der Waals surface area contributed by atoms with Gasteiger partial charge in [0.25, 0.3) is 10.0 Å². The lowest BCUT2D eigenvalue weighted by atomic mass is 10.3. The van der Waals surface area contributed by atoms with Crippen molar-refractivity contribution >= 4 is 38.9 Å². The van der Waals surface area contributed by atoms with Gasteiger partial charge < -0.3 is 9.64 Å². The first-order valence-electron chi connectivity index (χ1n) is 7.68. The van der Waals surface area contributed by atoms with Crippen LogP contribution in [0.2, 0.25) is 5.02 Å². The van der Waals surface area contributed by atoms with Gasteiger partial charge in [-0.1, -0.05) is 23.7 Å². The molecule has 0 aliphatic carbocycles. The Hall–Kier alpha value is -2.25. The largest absolute Gasteiger partial charge is 0.495 e. The SMILES string of the molecule is COc1ccc(N2CCCC2=O)cc1S(=O)(=O)Nc1ccccc1Cl. The summed E-state index contributed by atoms with van der Waals surface area (Å²) in [7, 11) is -2.55. The number of halogens is 1. The number of para-hydroxylation sites is 1. The summed E-state index contributed by atoms with van der Waals surface area (Å²) in [6, 6.07) is 11.2. The number of benzene rings is 2. The molecule has 1 amide bonds. The molecule has 8 heteroatoms. The molecular weight excluding hydrogens is 364 g/mol. The maximum atomic E-state index is 12.8. The molecule has 1 aliphatic rings. The van der Waals surface area contributed by atoms with Crippen molar-refractivity contribution in [2.45, 2.75) is 17.7 Å². The number of sulfonamides is 1. The maximum Gasteiger partial charge on any atom is 0.265 e. The molecule has 0 saturated carbocycles. The fraction of sp³-hybridized carbons (Fsp3) is 0.235. The number of hydrogen-bond acceptors (Lipinski definition) is 4. The molecule has 1 aliphatic heterocycles. The van der Waals surface area contributed by atoms with Crippen LogP contribution >= 0.6 is 11.6 Å². The van der Waals surface area contributed by atoms with Crippen LogP contribution in [0.1, 0.15) is 12.8 Å². The predicted molar refractivity (Wildman–Crippen MR) is 96.8 cm³/mol. The van der Waals surface area contributed by atoms with E-state index in [4.69, 9.17) is 16.3 Å². The number of hydrogen-bond donors (Lipinski definition) is 1. The highest BCUT2D eigenvalue weighted by atomic mass is 35.5.